The summed E-state index contributed by atoms with van der Waals surface area (Å²) >= 11 is 0. The molecular weight excluding hydrogens is 348 g/mol. The number of para-hydroxylation sites is 1. The van der Waals surface area contributed by atoms with E-state index in [2.05, 4.69) is 10.1 Å². The summed E-state index contributed by atoms with van der Waals surface area (Å²) in [7, 11) is -1.61. The van der Waals surface area contributed by atoms with Crippen LogP contribution in [0.1, 0.15) is 36.4 Å². The van der Waals surface area contributed by atoms with Crippen molar-refractivity contribution in [3.63, 3.8) is 0 Å². The average molecular weight is 370 g/mol. The third kappa shape index (κ3) is 3.24. The second-order valence-electron chi connectivity index (χ2n) is 6.82. The highest BCUT2D eigenvalue weighted by atomic mass is 32.2. The molecule has 1 atom stereocenters. The summed E-state index contributed by atoms with van der Waals surface area (Å²) in [6, 6.07) is 9.39. The Morgan fingerprint density at radius 3 is 2.85 bits per heavy atom. The average Bonchev–Trinajstić information content (AvgIpc) is 3.08. The van der Waals surface area contributed by atoms with Crippen LogP contribution >= 0.6 is 0 Å². The van der Waals surface area contributed by atoms with E-state index in [-0.39, 0.29) is 11.8 Å². The van der Waals surface area contributed by atoms with E-state index in [9.17, 15) is 8.42 Å². The molecule has 0 aliphatic carbocycles. The first kappa shape index (κ1) is 17.2. The maximum Gasteiger partial charge on any atom is 0.218 e. The SMILES string of the molecule is Cn1cc(C2CCCCN2S(=O)(=O)Cc2cccc3cccnc23)cn1. The second-order valence-corrected chi connectivity index (χ2v) is 8.74. The van der Waals surface area contributed by atoms with Gasteiger partial charge < -0.3 is 0 Å². The van der Waals surface area contributed by atoms with Gasteiger partial charge in [0.05, 0.1) is 23.5 Å². The van der Waals surface area contributed by atoms with Crippen molar-refractivity contribution >= 4 is 20.9 Å². The monoisotopic (exact) mass is 370 g/mol. The highest BCUT2D eigenvalue weighted by Gasteiger charge is 2.34. The van der Waals surface area contributed by atoms with E-state index in [1.165, 1.54) is 0 Å². The van der Waals surface area contributed by atoms with Gasteiger partial charge in [-0.2, -0.15) is 9.40 Å². The predicted molar refractivity (Wildman–Crippen MR) is 101 cm³/mol. The Hall–Kier alpha value is -2.25. The van der Waals surface area contributed by atoms with Gasteiger partial charge in [0.25, 0.3) is 0 Å². The number of aryl methyl sites for hydroxylation is 1. The van der Waals surface area contributed by atoms with Crippen LogP contribution < -0.4 is 0 Å². The third-order valence-corrected chi connectivity index (χ3v) is 6.80. The molecule has 7 heteroatoms. The summed E-state index contributed by atoms with van der Waals surface area (Å²) in [5, 5.41) is 5.18. The zero-order valence-electron chi connectivity index (χ0n) is 14.7. The predicted octanol–water partition coefficient (Wildman–Crippen LogP) is 3.03. The van der Waals surface area contributed by atoms with E-state index in [0.29, 0.717) is 6.54 Å². The number of benzene rings is 1. The first-order valence-corrected chi connectivity index (χ1v) is 10.5. The largest absolute Gasteiger partial charge is 0.275 e. The van der Waals surface area contributed by atoms with Gasteiger partial charge in [-0.25, -0.2) is 8.42 Å². The molecule has 3 aromatic rings. The molecule has 3 heterocycles. The summed E-state index contributed by atoms with van der Waals surface area (Å²) in [6.07, 6.45) is 8.15. The molecule has 1 aliphatic rings. The van der Waals surface area contributed by atoms with Crippen LogP contribution in [0.2, 0.25) is 0 Å². The van der Waals surface area contributed by atoms with Crippen molar-refractivity contribution in [2.45, 2.75) is 31.1 Å². The van der Waals surface area contributed by atoms with E-state index in [1.54, 1.807) is 21.4 Å². The van der Waals surface area contributed by atoms with Crippen molar-refractivity contribution in [1.82, 2.24) is 19.1 Å². The highest BCUT2D eigenvalue weighted by Crippen LogP contribution is 2.34. The minimum absolute atomic E-state index is 0.0296. The summed E-state index contributed by atoms with van der Waals surface area (Å²) in [4.78, 5) is 4.39. The number of nitrogens with zero attached hydrogens (tertiary/aromatic N) is 4. The number of hydrogen-bond acceptors (Lipinski definition) is 4. The Kier molecular flexibility index (Phi) is 4.50. The Bertz CT molecular complexity index is 1020. The van der Waals surface area contributed by atoms with Gasteiger partial charge in [-0.15, -0.1) is 0 Å². The minimum Gasteiger partial charge on any atom is -0.275 e. The molecule has 0 amide bonds. The standard InChI is InChI=1S/C19H22N4O2S/c1-22-13-17(12-21-22)18-9-2-3-11-23(18)26(24,25)14-16-7-4-6-15-8-5-10-20-19(15)16/h4-8,10,12-13,18H,2-3,9,11,14H2,1H3. The van der Waals surface area contributed by atoms with Gasteiger partial charge in [0.2, 0.25) is 10.0 Å². The van der Waals surface area contributed by atoms with Crippen molar-refractivity contribution in [2.24, 2.45) is 7.05 Å². The molecule has 0 N–H and O–H groups in total. The zero-order valence-corrected chi connectivity index (χ0v) is 15.6. The van der Waals surface area contributed by atoms with Crippen LogP contribution in [0.5, 0.6) is 0 Å². The Balaban J connectivity index is 1.68. The molecule has 0 bridgehead atoms. The number of pyridine rings is 1. The van der Waals surface area contributed by atoms with Crippen LogP contribution in [0.25, 0.3) is 10.9 Å². The number of aromatic nitrogens is 3. The lowest BCUT2D eigenvalue weighted by Crippen LogP contribution is -2.39. The number of piperidine rings is 1. The van der Waals surface area contributed by atoms with E-state index < -0.39 is 10.0 Å². The van der Waals surface area contributed by atoms with Crippen molar-refractivity contribution in [2.75, 3.05) is 6.54 Å². The van der Waals surface area contributed by atoms with Crippen LogP contribution in [-0.4, -0.2) is 34.0 Å². The molecule has 1 fully saturated rings. The van der Waals surface area contributed by atoms with Crippen LogP contribution in [-0.2, 0) is 22.8 Å². The first-order chi connectivity index (χ1) is 12.5. The molecule has 26 heavy (non-hydrogen) atoms. The van der Waals surface area contributed by atoms with Crippen LogP contribution in [0, 0.1) is 0 Å². The van der Waals surface area contributed by atoms with E-state index in [1.807, 2.05) is 43.6 Å². The fourth-order valence-electron chi connectivity index (χ4n) is 3.75. The summed E-state index contributed by atoms with van der Waals surface area (Å²) in [5.74, 6) is -0.0296. The summed E-state index contributed by atoms with van der Waals surface area (Å²) in [6.45, 7) is 0.556. The molecule has 1 aliphatic heterocycles. The molecule has 6 nitrogen and oxygen atoms in total. The van der Waals surface area contributed by atoms with E-state index in [0.717, 1.165) is 41.3 Å². The maximum absolute atomic E-state index is 13.3. The molecule has 0 radical (unpaired) electrons. The maximum atomic E-state index is 13.3. The smallest absolute Gasteiger partial charge is 0.218 e. The van der Waals surface area contributed by atoms with Gasteiger partial charge in [-0.3, -0.25) is 9.67 Å². The van der Waals surface area contributed by atoms with Gasteiger partial charge in [-0.1, -0.05) is 30.7 Å². The summed E-state index contributed by atoms with van der Waals surface area (Å²) in [5.41, 5.74) is 2.47. The summed E-state index contributed by atoms with van der Waals surface area (Å²) < 4.78 is 29.9. The molecular formula is C19H22N4O2S. The highest BCUT2D eigenvalue weighted by molar-refractivity contribution is 7.88. The van der Waals surface area contributed by atoms with Gasteiger partial charge in [0.15, 0.2) is 0 Å². The van der Waals surface area contributed by atoms with Crippen molar-refractivity contribution in [3.8, 4) is 0 Å². The zero-order chi connectivity index (χ0) is 18.1. The molecule has 4 rings (SSSR count). The van der Waals surface area contributed by atoms with E-state index in [4.69, 9.17) is 0 Å². The normalized spacial score (nSPS) is 19.0. The lowest BCUT2D eigenvalue weighted by atomic mass is 10.0. The molecule has 1 saturated heterocycles. The fourth-order valence-corrected chi connectivity index (χ4v) is 5.56. The Labute approximate surface area is 153 Å². The molecule has 136 valence electrons. The van der Waals surface area contributed by atoms with Crippen LogP contribution in [0.3, 0.4) is 0 Å². The minimum atomic E-state index is -3.46. The van der Waals surface area contributed by atoms with Gasteiger partial charge in [0.1, 0.15) is 0 Å². The van der Waals surface area contributed by atoms with Crippen LogP contribution in [0.4, 0.5) is 0 Å². The number of rotatable bonds is 4. The molecule has 1 aromatic carbocycles. The number of hydrogen-bond donors (Lipinski definition) is 0. The molecule has 0 saturated carbocycles. The van der Waals surface area contributed by atoms with Crippen LogP contribution in [0.15, 0.2) is 48.9 Å². The lowest BCUT2D eigenvalue weighted by molar-refractivity contribution is 0.255. The molecule has 0 spiro atoms. The van der Waals surface area contributed by atoms with Gasteiger partial charge in [-0.05, 0) is 24.5 Å². The first-order valence-electron chi connectivity index (χ1n) is 8.85. The van der Waals surface area contributed by atoms with Crippen molar-refractivity contribution in [3.05, 3.63) is 60.0 Å². The Morgan fingerprint density at radius 2 is 2.04 bits per heavy atom. The number of fused-ring (bicyclic) bond motifs is 1. The Morgan fingerprint density at radius 1 is 1.19 bits per heavy atom. The quantitative estimate of drug-likeness (QED) is 0.708. The van der Waals surface area contributed by atoms with E-state index >= 15 is 0 Å². The third-order valence-electron chi connectivity index (χ3n) is 4.97. The fraction of sp³-hybridized carbons (Fsp3) is 0.368. The second kappa shape index (κ2) is 6.81. The van der Waals surface area contributed by atoms with Gasteiger partial charge >= 0.3 is 0 Å². The lowest BCUT2D eigenvalue weighted by Gasteiger charge is -2.34. The molecule has 2 aromatic heterocycles. The van der Waals surface area contributed by atoms with Crippen molar-refractivity contribution < 1.29 is 8.42 Å². The van der Waals surface area contributed by atoms with Gasteiger partial charge in [0, 0.05) is 36.9 Å². The topological polar surface area (TPSA) is 68.1 Å². The number of sulfonamides is 1. The van der Waals surface area contributed by atoms with Crippen molar-refractivity contribution in [1.29, 1.82) is 0 Å². The molecule has 1 unspecified atom stereocenters.